The van der Waals surface area contributed by atoms with Gasteiger partial charge in [-0.3, -0.25) is 14.6 Å². The number of nitrogens with zero attached hydrogens (tertiary/aromatic N) is 2. The molecule has 0 spiro atoms. The molecule has 182 valence electrons. The predicted octanol–water partition coefficient (Wildman–Crippen LogP) is 4.59. The van der Waals surface area contributed by atoms with Crippen molar-refractivity contribution in [2.24, 2.45) is 0 Å². The van der Waals surface area contributed by atoms with Crippen molar-refractivity contribution in [1.82, 2.24) is 15.2 Å². The largest absolute Gasteiger partial charge is 0.320 e. The van der Waals surface area contributed by atoms with Crippen LogP contribution in [0.5, 0.6) is 0 Å². The lowest BCUT2D eigenvalue weighted by atomic mass is 10.1. The summed E-state index contributed by atoms with van der Waals surface area (Å²) in [5.74, 6) is -5.76. The summed E-state index contributed by atoms with van der Waals surface area (Å²) in [6.07, 6.45) is 1.42. The maximum Gasteiger partial charge on any atom is 0.261 e. The predicted molar refractivity (Wildman–Crippen MR) is 121 cm³/mol. The molecule has 4 aromatic rings. The number of carbonyl (C=O) groups excluding carboxylic acids is 1. The van der Waals surface area contributed by atoms with Crippen molar-refractivity contribution in [1.29, 1.82) is 0 Å². The van der Waals surface area contributed by atoms with Crippen LogP contribution in [0.1, 0.15) is 23.7 Å². The first-order chi connectivity index (χ1) is 16.6. The zero-order valence-corrected chi connectivity index (χ0v) is 18.8. The SMILES string of the molecule is CCCS(=O)(=O)Nc1ccc(F)c(C(=O)Nc2cnc3n[nH]c(-c4ccc(F)cc4F)c3c2)c1F. The van der Waals surface area contributed by atoms with E-state index in [9.17, 15) is 30.8 Å². The van der Waals surface area contributed by atoms with E-state index >= 15 is 0 Å². The van der Waals surface area contributed by atoms with E-state index < -0.39 is 50.5 Å². The molecule has 2 aromatic carbocycles. The van der Waals surface area contributed by atoms with Gasteiger partial charge in [-0.25, -0.2) is 31.0 Å². The minimum atomic E-state index is -3.90. The number of fused-ring (bicyclic) bond motifs is 1. The lowest BCUT2D eigenvalue weighted by Gasteiger charge is -2.12. The molecule has 1 amide bonds. The summed E-state index contributed by atoms with van der Waals surface area (Å²) < 4.78 is 82.7. The van der Waals surface area contributed by atoms with E-state index in [0.29, 0.717) is 6.07 Å². The topological polar surface area (TPSA) is 117 Å². The van der Waals surface area contributed by atoms with Crippen LogP contribution >= 0.6 is 0 Å². The average Bonchev–Trinajstić information content (AvgIpc) is 3.19. The molecular formula is C22H17F4N5O3S. The Morgan fingerprint density at radius 3 is 2.54 bits per heavy atom. The van der Waals surface area contributed by atoms with Crippen molar-refractivity contribution in [3.05, 3.63) is 71.4 Å². The Labute approximate surface area is 196 Å². The Kier molecular flexibility index (Phi) is 6.43. The van der Waals surface area contributed by atoms with Gasteiger partial charge in [-0.15, -0.1) is 0 Å². The molecule has 0 aliphatic heterocycles. The lowest BCUT2D eigenvalue weighted by molar-refractivity contribution is 0.101. The summed E-state index contributed by atoms with van der Waals surface area (Å²) in [5, 5.41) is 9.05. The molecule has 4 rings (SSSR count). The monoisotopic (exact) mass is 507 g/mol. The highest BCUT2D eigenvalue weighted by atomic mass is 32.2. The third-order valence-electron chi connectivity index (χ3n) is 4.92. The number of halogens is 4. The number of pyridine rings is 1. The van der Waals surface area contributed by atoms with E-state index in [2.05, 4.69) is 20.5 Å². The van der Waals surface area contributed by atoms with Gasteiger partial charge in [0.2, 0.25) is 10.0 Å². The summed E-state index contributed by atoms with van der Waals surface area (Å²) in [6, 6.07) is 5.90. The molecule has 0 fully saturated rings. The van der Waals surface area contributed by atoms with Gasteiger partial charge in [-0.1, -0.05) is 6.92 Å². The smallest absolute Gasteiger partial charge is 0.261 e. The number of carbonyl (C=O) groups is 1. The van der Waals surface area contributed by atoms with E-state index in [1.807, 2.05) is 4.72 Å². The van der Waals surface area contributed by atoms with Crippen molar-refractivity contribution in [3.8, 4) is 11.3 Å². The van der Waals surface area contributed by atoms with Crippen molar-refractivity contribution in [2.45, 2.75) is 13.3 Å². The first-order valence-electron chi connectivity index (χ1n) is 10.2. The Hall–Kier alpha value is -4.00. The second kappa shape index (κ2) is 9.33. The maximum atomic E-state index is 14.9. The Bertz CT molecular complexity index is 1560. The third kappa shape index (κ3) is 4.94. The third-order valence-corrected chi connectivity index (χ3v) is 6.40. The van der Waals surface area contributed by atoms with Gasteiger partial charge in [-0.05, 0) is 36.8 Å². The lowest BCUT2D eigenvalue weighted by Crippen LogP contribution is -2.20. The van der Waals surface area contributed by atoms with Crippen LogP contribution in [0.15, 0.2) is 42.6 Å². The first kappa shape index (κ1) is 24.1. The highest BCUT2D eigenvalue weighted by molar-refractivity contribution is 7.92. The molecule has 0 bridgehead atoms. The molecule has 0 aliphatic rings. The molecular weight excluding hydrogens is 490 g/mol. The first-order valence-corrected chi connectivity index (χ1v) is 11.8. The normalized spacial score (nSPS) is 11.6. The van der Waals surface area contributed by atoms with Crippen LogP contribution in [0.25, 0.3) is 22.3 Å². The molecule has 8 nitrogen and oxygen atoms in total. The molecule has 2 aromatic heterocycles. The molecule has 0 saturated carbocycles. The maximum absolute atomic E-state index is 14.9. The van der Waals surface area contributed by atoms with Crippen LogP contribution in [0.3, 0.4) is 0 Å². The van der Waals surface area contributed by atoms with E-state index in [1.165, 1.54) is 12.1 Å². The number of rotatable bonds is 7. The second-order valence-electron chi connectivity index (χ2n) is 7.48. The van der Waals surface area contributed by atoms with Crippen molar-refractivity contribution in [2.75, 3.05) is 15.8 Å². The molecule has 0 saturated heterocycles. The molecule has 0 atom stereocenters. The Balaban J connectivity index is 1.67. The van der Waals surface area contributed by atoms with Gasteiger partial charge in [0.25, 0.3) is 5.91 Å². The van der Waals surface area contributed by atoms with Gasteiger partial charge in [0.05, 0.1) is 29.0 Å². The van der Waals surface area contributed by atoms with Crippen molar-refractivity contribution < 1.29 is 30.8 Å². The number of aromatic amines is 1. The van der Waals surface area contributed by atoms with E-state index in [1.54, 1.807) is 6.92 Å². The Morgan fingerprint density at radius 2 is 1.83 bits per heavy atom. The zero-order chi connectivity index (χ0) is 25.3. The number of H-pyrrole nitrogens is 1. The van der Waals surface area contributed by atoms with Gasteiger partial charge in [-0.2, -0.15) is 5.10 Å². The number of amides is 1. The highest BCUT2D eigenvalue weighted by Crippen LogP contribution is 2.30. The number of hydrogen-bond acceptors (Lipinski definition) is 5. The fourth-order valence-corrected chi connectivity index (χ4v) is 4.52. The summed E-state index contributed by atoms with van der Waals surface area (Å²) in [4.78, 5) is 16.7. The standard InChI is InChI=1S/C22H17F4N5O3S/c1-2-7-35(33,34)31-17-6-5-15(24)18(19(17)26)22(32)28-12-9-14-20(29-30-21(14)27-10-12)13-4-3-11(23)8-16(13)25/h3-6,8-10,31H,2,7H2,1H3,(H,28,32)(H,27,29,30). The van der Waals surface area contributed by atoms with Crippen LogP contribution < -0.4 is 10.0 Å². The summed E-state index contributed by atoms with van der Waals surface area (Å²) in [7, 11) is -3.90. The van der Waals surface area contributed by atoms with E-state index in [-0.39, 0.29) is 40.2 Å². The van der Waals surface area contributed by atoms with Gasteiger partial charge in [0, 0.05) is 17.0 Å². The fourth-order valence-electron chi connectivity index (χ4n) is 3.39. The fraction of sp³-hybridized carbons (Fsp3) is 0.136. The molecule has 0 unspecified atom stereocenters. The van der Waals surface area contributed by atoms with E-state index in [0.717, 1.165) is 24.4 Å². The molecule has 13 heteroatoms. The number of benzene rings is 2. The molecule has 0 radical (unpaired) electrons. The van der Waals surface area contributed by atoms with E-state index in [4.69, 9.17) is 0 Å². The molecule has 35 heavy (non-hydrogen) atoms. The molecule has 0 aliphatic carbocycles. The quantitative estimate of drug-likeness (QED) is 0.317. The minimum absolute atomic E-state index is 0.0107. The van der Waals surface area contributed by atoms with Gasteiger partial charge in [0.15, 0.2) is 11.5 Å². The number of hydrogen-bond donors (Lipinski definition) is 3. The number of sulfonamides is 1. The number of nitrogens with one attached hydrogen (secondary N) is 3. The minimum Gasteiger partial charge on any atom is -0.320 e. The average molecular weight is 507 g/mol. The second-order valence-corrected chi connectivity index (χ2v) is 9.32. The van der Waals surface area contributed by atoms with Crippen molar-refractivity contribution in [3.63, 3.8) is 0 Å². The summed E-state index contributed by atoms with van der Waals surface area (Å²) in [5.41, 5.74) is -1.33. The summed E-state index contributed by atoms with van der Waals surface area (Å²) in [6.45, 7) is 1.61. The van der Waals surface area contributed by atoms with Crippen LogP contribution in [0.4, 0.5) is 28.9 Å². The summed E-state index contributed by atoms with van der Waals surface area (Å²) >= 11 is 0. The van der Waals surface area contributed by atoms with Crippen molar-refractivity contribution >= 4 is 38.3 Å². The Morgan fingerprint density at radius 1 is 1.06 bits per heavy atom. The van der Waals surface area contributed by atoms with Crippen LogP contribution in [0, 0.1) is 23.3 Å². The van der Waals surface area contributed by atoms with Crippen LogP contribution in [-0.4, -0.2) is 35.3 Å². The number of aromatic nitrogens is 3. The van der Waals surface area contributed by atoms with Crippen LogP contribution in [0.2, 0.25) is 0 Å². The van der Waals surface area contributed by atoms with Gasteiger partial charge < -0.3 is 5.32 Å². The number of anilines is 2. The van der Waals surface area contributed by atoms with Crippen LogP contribution in [-0.2, 0) is 10.0 Å². The van der Waals surface area contributed by atoms with Gasteiger partial charge in [0.1, 0.15) is 23.0 Å². The zero-order valence-electron chi connectivity index (χ0n) is 18.0. The van der Waals surface area contributed by atoms with Gasteiger partial charge >= 0.3 is 0 Å². The molecule has 3 N–H and O–H groups in total. The highest BCUT2D eigenvalue weighted by Gasteiger charge is 2.23. The molecule has 2 heterocycles.